The Morgan fingerprint density at radius 3 is 2.19 bits per heavy atom. The third-order valence-corrected chi connectivity index (χ3v) is 4.34. The molecule has 0 aliphatic heterocycles. The molecule has 5 nitrogen and oxygen atoms in total. The summed E-state index contributed by atoms with van der Waals surface area (Å²) in [6, 6.07) is 15.5. The molecule has 0 saturated heterocycles. The predicted molar refractivity (Wildman–Crippen MR) is 107 cm³/mol. The van der Waals surface area contributed by atoms with Crippen LogP contribution in [0, 0.1) is 6.92 Å². The smallest absolute Gasteiger partial charge is 0.243 e. The first-order valence-electron chi connectivity index (χ1n) is 8.99. The van der Waals surface area contributed by atoms with E-state index in [0.717, 1.165) is 35.6 Å². The average Bonchev–Trinajstić information content (AvgIpc) is 2.64. The summed E-state index contributed by atoms with van der Waals surface area (Å²) >= 11 is 0. The van der Waals surface area contributed by atoms with E-state index >= 15 is 0 Å². The van der Waals surface area contributed by atoms with E-state index in [1.807, 2.05) is 55.5 Å². The van der Waals surface area contributed by atoms with Crippen molar-refractivity contribution in [1.82, 2.24) is 5.32 Å². The molecule has 0 aromatic heterocycles. The molecular weight excluding hydrogens is 326 g/mol. The van der Waals surface area contributed by atoms with Gasteiger partial charge < -0.3 is 15.5 Å². The molecule has 2 aromatic carbocycles. The molecule has 0 spiro atoms. The van der Waals surface area contributed by atoms with Crippen LogP contribution in [0.15, 0.2) is 48.5 Å². The molecule has 0 aliphatic carbocycles. The van der Waals surface area contributed by atoms with Crippen molar-refractivity contribution in [2.75, 3.05) is 29.9 Å². The van der Waals surface area contributed by atoms with Crippen LogP contribution in [0.2, 0.25) is 0 Å². The summed E-state index contributed by atoms with van der Waals surface area (Å²) in [4.78, 5) is 26.3. The van der Waals surface area contributed by atoms with Gasteiger partial charge in [-0.15, -0.1) is 0 Å². The monoisotopic (exact) mass is 353 g/mol. The fourth-order valence-corrected chi connectivity index (χ4v) is 2.77. The van der Waals surface area contributed by atoms with Crippen molar-refractivity contribution in [3.05, 3.63) is 59.7 Å². The normalized spacial score (nSPS) is 10.3. The molecule has 2 amide bonds. The molecule has 0 saturated carbocycles. The standard InChI is InChI=1S/C21H27N3O2/c1-4-24(5-2)19-12-10-18(11-13-19)23-21(26)15-22-20(25)14-17-9-7-6-8-16(17)3/h6-13H,4-5,14-15H2,1-3H3,(H,22,25)(H,23,26). The molecule has 0 aliphatic rings. The van der Waals surface area contributed by atoms with Crippen LogP contribution in [0.5, 0.6) is 0 Å². The van der Waals surface area contributed by atoms with Gasteiger partial charge in [0.05, 0.1) is 13.0 Å². The van der Waals surface area contributed by atoms with Crippen molar-refractivity contribution in [2.24, 2.45) is 0 Å². The van der Waals surface area contributed by atoms with Gasteiger partial charge in [-0.2, -0.15) is 0 Å². The van der Waals surface area contributed by atoms with Crippen molar-refractivity contribution < 1.29 is 9.59 Å². The zero-order valence-electron chi connectivity index (χ0n) is 15.7. The summed E-state index contributed by atoms with van der Waals surface area (Å²) in [7, 11) is 0. The second kappa shape index (κ2) is 9.61. The van der Waals surface area contributed by atoms with Gasteiger partial charge in [-0.25, -0.2) is 0 Å². The lowest BCUT2D eigenvalue weighted by molar-refractivity contribution is -0.123. The van der Waals surface area contributed by atoms with E-state index in [1.165, 1.54) is 0 Å². The Labute approximate surface area is 155 Å². The highest BCUT2D eigenvalue weighted by molar-refractivity contribution is 5.94. The van der Waals surface area contributed by atoms with Crippen molar-refractivity contribution in [3.8, 4) is 0 Å². The van der Waals surface area contributed by atoms with Gasteiger partial charge in [-0.3, -0.25) is 9.59 Å². The molecule has 0 radical (unpaired) electrons. The summed E-state index contributed by atoms with van der Waals surface area (Å²) in [5.41, 5.74) is 3.89. The van der Waals surface area contributed by atoms with Crippen molar-refractivity contribution in [3.63, 3.8) is 0 Å². The fourth-order valence-electron chi connectivity index (χ4n) is 2.77. The number of amides is 2. The van der Waals surface area contributed by atoms with Crippen LogP contribution in [0.4, 0.5) is 11.4 Å². The molecule has 2 rings (SSSR count). The zero-order valence-corrected chi connectivity index (χ0v) is 15.7. The maximum Gasteiger partial charge on any atom is 0.243 e. The molecule has 2 N–H and O–H groups in total. The number of benzene rings is 2. The lowest BCUT2D eigenvalue weighted by Crippen LogP contribution is -2.33. The number of rotatable bonds is 8. The number of anilines is 2. The van der Waals surface area contributed by atoms with Gasteiger partial charge in [0.1, 0.15) is 0 Å². The minimum absolute atomic E-state index is 0.0392. The molecule has 2 aromatic rings. The Balaban J connectivity index is 1.81. The molecule has 0 unspecified atom stereocenters. The maximum atomic E-state index is 12.0. The summed E-state index contributed by atoms with van der Waals surface area (Å²) in [5.74, 6) is -0.398. The molecule has 0 fully saturated rings. The topological polar surface area (TPSA) is 61.4 Å². The van der Waals surface area contributed by atoms with Crippen molar-refractivity contribution >= 4 is 23.2 Å². The number of hydrogen-bond acceptors (Lipinski definition) is 3. The Hall–Kier alpha value is -2.82. The number of carbonyl (C=O) groups is 2. The Morgan fingerprint density at radius 2 is 1.58 bits per heavy atom. The van der Waals surface area contributed by atoms with Crippen LogP contribution in [0.3, 0.4) is 0 Å². The molecule has 138 valence electrons. The van der Waals surface area contributed by atoms with Crippen LogP contribution in [-0.2, 0) is 16.0 Å². The van der Waals surface area contributed by atoms with E-state index in [9.17, 15) is 9.59 Å². The Morgan fingerprint density at radius 1 is 0.923 bits per heavy atom. The molecular formula is C21H27N3O2. The van der Waals surface area contributed by atoms with Crippen LogP contribution >= 0.6 is 0 Å². The Kier molecular flexibility index (Phi) is 7.21. The lowest BCUT2D eigenvalue weighted by Gasteiger charge is -2.21. The quantitative estimate of drug-likeness (QED) is 0.766. The molecule has 0 bridgehead atoms. The van der Waals surface area contributed by atoms with E-state index in [2.05, 4.69) is 29.4 Å². The lowest BCUT2D eigenvalue weighted by atomic mass is 10.1. The van der Waals surface area contributed by atoms with Gasteiger partial charge in [0.15, 0.2) is 0 Å². The third-order valence-electron chi connectivity index (χ3n) is 4.34. The summed E-state index contributed by atoms with van der Waals surface area (Å²) in [5, 5.41) is 5.47. The van der Waals surface area contributed by atoms with Crippen molar-refractivity contribution in [2.45, 2.75) is 27.2 Å². The number of nitrogens with zero attached hydrogens (tertiary/aromatic N) is 1. The van der Waals surface area contributed by atoms with Crippen LogP contribution in [0.25, 0.3) is 0 Å². The fraction of sp³-hybridized carbons (Fsp3) is 0.333. The summed E-state index contributed by atoms with van der Waals surface area (Å²) < 4.78 is 0. The number of nitrogens with one attached hydrogen (secondary N) is 2. The van der Waals surface area contributed by atoms with Gasteiger partial charge in [0, 0.05) is 24.5 Å². The van der Waals surface area contributed by atoms with E-state index in [4.69, 9.17) is 0 Å². The van der Waals surface area contributed by atoms with Gasteiger partial charge in [0.25, 0.3) is 0 Å². The first-order chi connectivity index (χ1) is 12.5. The largest absolute Gasteiger partial charge is 0.372 e. The number of carbonyl (C=O) groups excluding carboxylic acids is 2. The molecule has 0 atom stereocenters. The van der Waals surface area contributed by atoms with E-state index < -0.39 is 0 Å². The summed E-state index contributed by atoms with van der Waals surface area (Å²) in [6.45, 7) is 8.03. The maximum absolute atomic E-state index is 12.0. The molecule has 0 heterocycles. The van der Waals surface area contributed by atoms with Crippen LogP contribution < -0.4 is 15.5 Å². The number of hydrogen-bond donors (Lipinski definition) is 2. The summed E-state index contributed by atoms with van der Waals surface area (Å²) in [6.07, 6.45) is 0.276. The third kappa shape index (κ3) is 5.62. The van der Waals surface area contributed by atoms with E-state index in [1.54, 1.807) is 0 Å². The van der Waals surface area contributed by atoms with E-state index in [0.29, 0.717) is 0 Å². The highest BCUT2D eigenvalue weighted by Gasteiger charge is 2.09. The van der Waals surface area contributed by atoms with Gasteiger partial charge >= 0.3 is 0 Å². The Bertz CT molecular complexity index is 737. The second-order valence-electron chi connectivity index (χ2n) is 6.15. The second-order valence-corrected chi connectivity index (χ2v) is 6.15. The minimum Gasteiger partial charge on any atom is -0.372 e. The SMILES string of the molecule is CCN(CC)c1ccc(NC(=O)CNC(=O)Cc2ccccc2C)cc1. The predicted octanol–water partition coefficient (Wildman–Crippen LogP) is 3.14. The minimum atomic E-state index is -0.237. The molecule has 5 heteroatoms. The first-order valence-corrected chi connectivity index (χ1v) is 8.99. The van der Waals surface area contributed by atoms with Crippen molar-refractivity contribution in [1.29, 1.82) is 0 Å². The first kappa shape index (κ1) is 19.5. The van der Waals surface area contributed by atoms with Gasteiger partial charge in [0.2, 0.25) is 11.8 Å². The van der Waals surface area contributed by atoms with Crippen LogP contribution in [0.1, 0.15) is 25.0 Å². The average molecular weight is 353 g/mol. The highest BCUT2D eigenvalue weighted by Crippen LogP contribution is 2.17. The van der Waals surface area contributed by atoms with Gasteiger partial charge in [-0.1, -0.05) is 24.3 Å². The number of aryl methyl sites for hydroxylation is 1. The molecule has 26 heavy (non-hydrogen) atoms. The van der Waals surface area contributed by atoms with E-state index in [-0.39, 0.29) is 24.8 Å². The van der Waals surface area contributed by atoms with Crippen LogP contribution in [-0.4, -0.2) is 31.4 Å². The zero-order chi connectivity index (χ0) is 18.9. The van der Waals surface area contributed by atoms with Gasteiger partial charge in [-0.05, 0) is 56.2 Å². The highest BCUT2D eigenvalue weighted by atomic mass is 16.2.